The summed E-state index contributed by atoms with van der Waals surface area (Å²) < 4.78 is 45.8. The Hall–Kier alpha value is -4.98. The van der Waals surface area contributed by atoms with Crippen molar-refractivity contribution in [2.45, 2.75) is 25.8 Å². The molecule has 1 aromatic carbocycles. The molecule has 2 amide bonds. The molecule has 0 radical (unpaired) electrons. The number of nitrogens with one attached hydrogen (secondary N) is 2. The van der Waals surface area contributed by atoms with Crippen LogP contribution in [0.25, 0.3) is 17.0 Å². The van der Waals surface area contributed by atoms with Crippen molar-refractivity contribution in [1.82, 2.24) is 29.7 Å². The van der Waals surface area contributed by atoms with E-state index in [-0.39, 0.29) is 23.8 Å². The summed E-state index contributed by atoms with van der Waals surface area (Å²) in [6.45, 7) is 1.88. The topological polar surface area (TPSA) is 144 Å². The van der Waals surface area contributed by atoms with Gasteiger partial charge in [0, 0.05) is 30.6 Å². The molecule has 1 atom stereocenters. The molecular formula is C26H23F3N8O3. The van der Waals surface area contributed by atoms with E-state index < -0.39 is 23.8 Å². The van der Waals surface area contributed by atoms with Crippen molar-refractivity contribution in [1.29, 1.82) is 0 Å². The number of carbonyl (C=O) groups is 2. The van der Waals surface area contributed by atoms with E-state index in [1.807, 2.05) is 0 Å². The third kappa shape index (κ3) is 5.16. The van der Waals surface area contributed by atoms with Gasteiger partial charge in [0.05, 0.1) is 29.7 Å². The van der Waals surface area contributed by atoms with E-state index in [0.717, 1.165) is 18.3 Å². The molecular weight excluding hydrogens is 529 g/mol. The number of hydrogen-bond donors (Lipinski definition) is 3. The van der Waals surface area contributed by atoms with Gasteiger partial charge in [0.15, 0.2) is 6.39 Å². The summed E-state index contributed by atoms with van der Waals surface area (Å²) >= 11 is 0. The highest BCUT2D eigenvalue weighted by atomic mass is 19.4. The molecule has 4 N–H and O–H groups in total. The fourth-order valence-corrected chi connectivity index (χ4v) is 4.25. The van der Waals surface area contributed by atoms with E-state index in [9.17, 15) is 22.8 Å². The van der Waals surface area contributed by atoms with Crippen LogP contribution in [-0.4, -0.2) is 43.3 Å². The molecule has 1 unspecified atom stereocenters. The van der Waals surface area contributed by atoms with Crippen molar-refractivity contribution < 1.29 is 27.2 Å². The molecule has 0 fully saturated rings. The lowest BCUT2D eigenvalue weighted by Crippen LogP contribution is -2.37. The molecule has 0 saturated carbocycles. The van der Waals surface area contributed by atoms with Crippen molar-refractivity contribution in [3.8, 4) is 11.3 Å². The van der Waals surface area contributed by atoms with Crippen molar-refractivity contribution in [3.63, 3.8) is 0 Å². The van der Waals surface area contributed by atoms with E-state index >= 15 is 0 Å². The molecule has 11 nitrogen and oxygen atoms in total. The molecule has 206 valence electrons. The quantitative estimate of drug-likeness (QED) is 0.330. The minimum Gasteiger partial charge on any atom is -0.447 e. The highest BCUT2D eigenvalue weighted by molar-refractivity contribution is 6.14. The minimum atomic E-state index is -4.56. The van der Waals surface area contributed by atoms with Gasteiger partial charge in [-0.1, -0.05) is 12.1 Å². The van der Waals surface area contributed by atoms with Crippen molar-refractivity contribution in [3.05, 3.63) is 89.8 Å². The predicted octanol–water partition coefficient (Wildman–Crippen LogP) is 3.53. The maximum absolute atomic E-state index is 13.1. The first-order chi connectivity index (χ1) is 19.0. The lowest BCUT2D eigenvalue weighted by molar-refractivity contribution is -0.137. The third-order valence-corrected chi connectivity index (χ3v) is 6.26. The highest BCUT2D eigenvalue weighted by Gasteiger charge is 2.32. The Morgan fingerprint density at radius 2 is 1.90 bits per heavy atom. The molecule has 3 aromatic heterocycles. The lowest BCUT2D eigenvalue weighted by atomic mass is 10.0. The first-order valence-electron chi connectivity index (χ1n) is 11.9. The number of amides is 2. The Balaban J connectivity index is 1.39. The maximum atomic E-state index is 13.1. The zero-order chi connectivity index (χ0) is 28.6. The largest absolute Gasteiger partial charge is 0.447 e. The van der Waals surface area contributed by atoms with Crippen molar-refractivity contribution in [2.24, 2.45) is 5.73 Å². The van der Waals surface area contributed by atoms with Gasteiger partial charge in [0.2, 0.25) is 0 Å². The molecule has 4 aromatic rings. The standard InChI is InChI=1S/C26H23F3N8O3/c1-14-34-21(22-23(30)36(2)12-19(37(14)22)25(39)33-11-18-10-31-13-40-18)15-3-5-16(6-4-15)24(38)35-20-9-17(7-8-32-20)26(27,28)29/h3-10,12-13,23H,11,30H2,1-2H3,(H,33,39)(H,32,35,38). The molecule has 4 heterocycles. The van der Waals surface area contributed by atoms with Gasteiger partial charge in [-0.25, -0.2) is 15.0 Å². The summed E-state index contributed by atoms with van der Waals surface area (Å²) in [6.07, 6.45) is 0.189. The van der Waals surface area contributed by atoms with Crippen LogP contribution >= 0.6 is 0 Å². The Morgan fingerprint density at radius 3 is 2.58 bits per heavy atom. The first-order valence-corrected chi connectivity index (χ1v) is 11.9. The number of fused-ring (bicyclic) bond motifs is 1. The summed E-state index contributed by atoms with van der Waals surface area (Å²) in [6, 6.07) is 7.89. The second-order valence-electron chi connectivity index (χ2n) is 8.96. The lowest BCUT2D eigenvalue weighted by Gasteiger charge is -2.31. The second kappa shape index (κ2) is 10.3. The molecule has 5 rings (SSSR count). The van der Waals surface area contributed by atoms with E-state index in [2.05, 4.69) is 25.6 Å². The summed E-state index contributed by atoms with van der Waals surface area (Å²) in [5.74, 6) is -0.221. The van der Waals surface area contributed by atoms with Crippen LogP contribution in [0.5, 0.6) is 0 Å². The molecule has 0 spiro atoms. The number of rotatable bonds is 6. The van der Waals surface area contributed by atoms with Crippen LogP contribution in [0.15, 0.2) is 65.8 Å². The molecule has 0 bridgehead atoms. The minimum absolute atomic E-state index is 0.140. The number of hydrogen-bond acceptors (Lipinski definition) is 8. The average molecular weight is 553 g/mol. The Labute approximate surface area is 225 Å². The fourth-order valence-electron chi connectivity index (χ4n) is 4.25. The number of aromatic nitrogens is 4. The van der Waals surface area contributed by atoms with E-state index in [1.54, 1.807) is 41.8 Å². The van der Waals surface area contributed by atoms with Gasteiger partial charge in [-0.05, 0) is 31.2 Å². The number of oxazole rings is 1. The van der Waals surface area contributed by atoms with Gasteiger partial charge in [0.1, 0.15) is 29.3 Å². The summed E-state index contributed by atoms with van der Waals surface area (Å²) in [5, 5.41) is 5.17. The van der Waals surface area contributed by atoms with Crippen LogP contribution in [0.2, 0.25) is 0 Å². The van der Waals surface area contributed by atoms with Crippen LogP contribution in [0.3, 0.4) is 0 Å². The van der Waals surface area contributed by atoms with Crippen LogP contribution in [0.1, 0.15) is 39.4 Å². The molecule has 14 heteroatoms. The maximum Gasteiger partial charge on any atom is 0.416 e. The van der Waals surface area contributed by atoms with E-state index in [0.29, 0.717) is 34.2 Å². The van der Waals surface area contributed by atoms with Crippen molar-refractivity contribution >= 4 is 23.3 Å². The number of aryl methyl sites for hydroxylation is 1. The van der Waals surface area contributed by atoms with Gasteiger partial charge in [-0.2, -0.15) is 13.2 Å². The smallest absolute Gasteiger partial charge is 0.416 e. The number of halogens is 3. The zero-order valence-corrected chi connectivity index (χ0v) is 21.2. The monoisotopic (exact) mass is 552 g/mol. The Morgan fingerprint density at radius 1 is 1.15 bits per heavy atom. The highest BCUT2D eigenvalue weighted by Crippen LogP contribution is 2.35. The van der Waals surface area contributed by atoms with E-state index in [1.165, 1.54) is 24.7 Å². The number of nitrogens with two attached hydrogens (primary N) is 1. The molecule has 1 aliphatic heterocycles. The number of nitrogens with zero attached hydrogens (tertiary/aromatic N) is 5. The van der Waals surface area contributed by atoms with Gasteiger partial charge in [0.25, 0.3) is 11.8 Å². The number of benzene rings is 1. The van der Waals surface area contributed by atoms with Gasteiger partial charge in [-0.15, -0.1) is 0 Å². The van der Waals surface area contributed by atoms with Crippen LogP contribution in [0.4, 0.5) is 19.0 Å². The van der Waals surface area contributed by atoms with Gasteiger partial charge >= 0.3 is 6.18 Å². The molecule has 40 heavy (non-hydrogen) atoms. The Kier molecular flexibility index (Phi) is 6.85. The number of imidazole rings is 1. The SMILES string of the molecule is Cc1nc(-c2ccc(C(=O)Nc3cc(C(F)(F)F)ccn3)cc2)c2n1C(C(=O)NCc1cnco1)=CN(C)C2N. The predicted molar refractivity (Wildman–Crippen MR) is 137 cm³/mol. The molecule has 0 saturated heterocycles. The first kappa shape index (κ1) is 26.6. The van der Waals surface area contributed by atoms with Gasteiger partial charge in [-0.3, -0.25) is 14.2 Å². The van der Waals surface area contributed by atoms with Crippen LogP contribution in [0, 0.1) is 6.92 Å². The number of pyridine rings is 1. The summed E-state index contributed by atoms with van der Waals surface area (Å²) in [7, 11) is 1.74. The van der Waals surface area contributed by atoms with Crippen LogP contribution in [-0.2, 0) is 17.5 Å². The average Bonchev–Trinajstić information content (AvgIpc) is 3.57. The number of carbonyl (C=O) groups excluding carboxylic acids is 2. The number of alkyl halides is 3. The van der Waals surface area contributed by atoms with Crippen molar-refractivity contribution in [2.75, 3.05) is 12.4 Å². The molecule has 1 aliphatic rings. The summed E-state index contributed by atoms with van der Waals surface area (Å²) in [5.41, 5.74) is 7.76. The van der Waals surface area contributed by atoms with E-state index in [4.69, 9.17) is 10.2 Å². The number of anilines is 1. The fraction of sp³-hybridized carbons (Fsp3) is 0.192. The second-order valence-corrected chi connectivity index (χ2v) is 8.96. The Bertz CT molecular complexity index is 1590. The summed E-state index contributed by atoms with van der Waals surface area (Å²) in [4.78, 5) is 39.7. The zero-order valence-electron chi connectivity index (χ0n) is 21.2. The van der Waals surface area contributed by atoms with Crippen LogP contribution < -0.4 is 16.4 Å². The third-order valence-electron chi connectivity index (χ3n) is 6.26. The normalized spacial score (nSPS) is 14.9. The molecule has 0 aliphatic carbocycles. The van der Waals surface area contributed by atoms with Gasteiger partial charge < -0.3 is 25.7 Å².